The van der Waals surface area contributed by atoms with Gasteiger partial charge >= 0.3 is 0 Å². The van der Waals surface area contributed by atoms with Crippen molar-refractivity contribution in [2.75, 3.05) is 0 Å². The minimum absolute atomic E-state index is 0.0945. The van der Waals surface area contributed by atoms with Crippen LogP contribution in [0.25, 0.3) is 0 Å². The van der Waals surface area contributed by atoms with Gasteiger partial charge in [-0.3, -0.25) is 0 Å². The van der Waals surface area contributed by atoms with Gasteiger partial charge in [0, 0.05) is 0 Å². The molecule has 1 nitrogen and oxygen atoms in total. The zero-order chi connectivity index (χ0) is 6.69. The van der Waals surface area contributed by atoms with Crippen LogP contribution >= 0.6 is 22.6 Å². The molecule has 1 saturated carbocycles. The van der Waals surface area contributed by atoms with E-state index in [1.807, 2.05) is 0 Å². The number of hydrogen-bond acceptors (Lipinski definition) is 1. The summed E-state index contributed by atoms with van der Waals surface area (Å²) in [6.45, 7) is 0. The first-order chi connectivity index (χ1) is 4.30. The Bertz CT molecular complexity index is 77.0. The minimum atomic E-state index is -0.0945. The van der Waals surface area contributed by atoms with Crippen molar-refractivity contribution >= 4 is 22.6 Å². The lowest BCUT2D eigenvalue weighted by Gasteiger charge is -2.22. The SMILES string of the molecule is O[C@H](I)C1CCCCC1. The van der Waals surface area contributed by atoms with Crippen LogP contribution < -0.4 is 0 Å². The highest BCUT2D eigenvalue weighted by atomic mass is 127. The van der Waals surface area contributed by atoms with Crippen LogP contribution in [0.2, 0.25) is 0 Å². The van der Waals surface area contributed by atoms with Crippen molar-refractivity contribution in [2.24, 2.45) is 5.92 Å². The molecule has 0 heterocycles. The van der Waals surface area contributed by atoms with Gasteiger partial charge in [-0.2, -0.15) is 0 Å². The van der Waals surface area contributed by atoms with E-state index < -0.39 is 0 Å². The maximum atomic E-state index is 9.16. The molecule has 0 spiro atoms. The van der Waals surface area contributed by atoms with Crippen LogP contribution in [-0.4, -0.2) is 9.22 Å². The summed E-state index contributed by atoms with van der Waals surface area (Å²) in [4.78, 5) is 0. The predicted molar refractivity (Wildman–Crippen MR) is 46.6 cm³/mol. The van der Waals surface area contributed by atoms with E-state index in [1.165, 1.54) is 32.1 Å². The molecule has 1 N–H and O–H groups in total. The second-order valence-electron chi connectivity index (χ2n) is 2.77. The van der Waals surface area contributed by atoms with E-state index in [4.69, 9.17) is 5.11 Å². The number of rotatable bonds is 1. The fraction of sp³-hybridized carbons (Fsp3) is 1.00. The molecule has 0 aromatic rings. The highest BCUT2D eigenvalue weighted by molar-refractivity contribution is 14.1. The van der Waals surface area contributed by atoms with Crippen LogP contribution in [0.1, 0.15) is 32.1 Å². The smallest absolute Gasteiger partial charge is 0.108 e. The van der Waals surface area contributed by atoms with Crippen molar-refractivity contribution in [3.63, 3.8) is 0 Å². The quantitative estimate of drug-likeness (QED) is 0.550. The largest absolute Gasteiger partial charge is 0.382 e. The molecule has 9 heavy (non-hydrogen) atoms. The van der Waals surface area contributed by atoms with E-state index in [2.05, 4.69) is 22.6 Å². The first-order valence-electron chi connectivity index (χ1n) is 3.63. The lowest BCUT2D eigenvalue weighted by molar-refractivity contribution is 0.173. The van der Waals surface area contributed by atoms with E-state index in [0.29, 0.717) is 5.92 Å². The number of halogens is 1. The lowest BCUT2D eigenvalue weighted by atomic mass is 9.90. The van der Waals surface area contributed by atoms with Crippen LogP contribution in [0.4, 0.5) is 0 Å². The van der Waals surface area contributed by atoms with Crippen LogP contribution in [0.15, 0.2) is 0 Å². The topological polar surface area (TPSA) is 20.2 Å². The van der Waals surface area contributed by atoms with Crippen LogP contribution in [0.3, 0.4) is 0 Å². The Morgan fingerprint density at radius 3 is 2.11 bits per heavy atom. The predicted octanol–water partition coefficient (Wildman–Crippen LogP) is 2.32. The Morgan fingerprint density at radius 1 is 1.22 bits per heavy atom. The Labute approximate surface area is 70.0 Å². The number of alkyl halides is 1. The van der Waals surface area contributed by atoms with Crippen LogP contribution in [-0.2, 0) is 0 Å². The van der Waals surface area contributed by atoms with Gasteiger partial charge in [0.25, 0.3) is 0 Å². The molecule has 0 aromatic heterocycles. The zero-order valence-electron chi connectivity index (χ0n) is 5.52. The van der Waals surface area contributed by atoms with Gasteiger partial charge in [0.15, 0.2) is 0 Å². The van der Waals surface area contributed by atoms with Gasteiger partial charge in [0.2, 0.25) is 0 Å². The summed E-state index contributed by atoms with van der Waals surface area (Å²) in [5, 5.41) is 9.16. The Morgan fingerprint density at radius 2 is 1.78 bits per heavy atom. The Kier molecular flexibility index (Phi) is 3.26. The molecular weight excluding hydrogens is 227 g/mol. The van der Waals surface area contributed by atoms with Gasteiger partial charge in [-0.1, -0.05) is 41.9 Å². The third-order valence-corrected chi connectivity index (χ3v) is 3.06. The molecular formula is C7H13IO. The number of hydrogen-bond donors (Lipinski definition) is 1. The van der Waals surface area contributed by atoms with Crippen LogP contribution in [0, 0.1) is 5.92 Å². The molecule has 0 radical (unpaired) electrons. The normalized spacial score (nSPS) is 26.0. The highest BCUT2D eigenvalue weighted by Gasteiger charge is 2.18. The van der Waals surface area contributed by atoms with E-state index in [9.17, 15) is 0 Å². The molecule has 2 heteroatoms. The summed E-state index contributed by atoms with van der Waals surface area (Å²) >= 11 is 2.12. The van der Waals surface area contributed by atoms with Gasteiger partial charge in [0.05, 0.1) is 0 Å². The maximum absolute atomic E-state index is 9.16. The molecule has 54 valence electrons. The minimum Gasteiger partial charge on any atom is -0.382 e. The zero-order valence-corrected chi connectivity index (χ0v) is 7.67. The molecule has 0 aliphatic heterocycles. The summed E-state index contributed by atoms with van der Waals surface area (Å²) in [5.41, 5.74) is 0. The van der Waals surface area contributed by atoms with Crippen molar-refractivity contribution in [3.8, 4) is 0 Å². The summed E-state index contributed by atoms with van der Waals surface area (Å²) in [6, 6.07) is 0. The summed E-state index contributed by atoms with van der Waals surface area (Å²) in [5.74, 6) is 0.597. The van der Waals surface area contributed by atoms with Gasteiger partial charge < -0.3 is 5.11 Å². The molecule has 1 atom stereocenters. The van der Waals surface area contributed by atoms with Gasteiger partial charge in [0.1, 0.15) is 4.11 Å². The average molecular weight is 240 g/mol. The monoisotopic (exact) mass is 240 g/mol. The van der Waals surface area contributed by atoms with E-state index >= 15 is 0 Å². The van der Waals surface area contributed by atoms with E-state index in [0.717, 1.165) is 0 Å². The molecule has 1 aliphatic carbocycles. The van der Waals surface area contributed by atoms with Crippen molar-refractivity contribution in [1.29, 1.82) is 0 Å². The van der Waals surface area contributed by atoms with Crippen molar-refractivity contribution in [3.05, 3.63) is 0 Å². The standard InChI is InChI=1S/C7H13IO/c8-7(9)6-4-2-1-3-5-6/h6-7,9H,1-5H2/t7-/m0/s1. The van der Waals surface area contributed by atoms with E-state index in [-0.39, 0.29) is 4.11 Å². The molecule has 0 amide bonds. The Balaban J connectivity index is 2.23. The van der Waals surface area contributed by atoms with Crippen molar-refractivity contribution in [1.82, 2.24) is 0 Å². The molecule has 1 aliphatic rings. The van der Waals surface area contributed by atoms with Crippen LogP contribution in [0.5, 0.6) is 0 Å². The second-order valence-corrected chi connectivity index (χ2v) is 4.05. The molecule has 0 bridgehead atoms. The first kappa shape index (κ1) is 7.79. The molecule has 1 fully saturated rings. The van der Waals surface area contributed by atoms with Gasteiger partial charge in [-0.15, -0.1) is 0 Å². The summed E-state index contributed by atoms with van der Waals surface area (Å²) < 4.78 is -0.0945. The van der Waals surface area contributed by atoms with Crippen molar-refractivity contribution in [2.45, 2.75) is 36.2 Å². The fourth-order valence-electron chi connectivity index (χ4n) is 1.41. The van der Waals surface area contributed by atoms with Gasteiger partial charge in [-0.05, 0) is 18.8 Å². The van der Waals surface area contributed by atoms with Crippen molar-refractivity contribution < 1.29 is 5.11 Å². The number of aliphatic hydroxyl groups is 1. The maximum Gasteiger partial charge on any atom is 0.108 e. The summed E-state index contributed by atoms with van der Waals surface area (Å²) in [7, 11) is 0. The fourth-order valence-corrected chi connectivity index (χ4v) is 2.13. The molecule has 0 saturated heterocycles. The second kappa shape index (κ2) is 3.76. The lowest BCUT2D eigenvalue weighted by Crippen LogP contribution is -2.16. The van der Waals surface area contributed by atoms with Gasteiger partial charge in [-0.25, -0.2) is 0 Å². The third kappa shape index (κ3) is 2.42. The molecule has 0 aromatic carbocycles. The van der Waals surface area contributed by atoms with E-state index in [1.54, 1.807) is 0 Å². The Hall–Kier alpha value is 0.690. The first-order valence-corrected chi connectivity index (χ1v) is 4.87. The third-order valence-electron chi connectivity index (χ3n) is 2.04. The molecule has 0 unspecified atom stereocenters. The number of aliphatic hydroxyl groups excluding tert-OH is 1. The summed E-state index contributed by atoms with van der Waals surface area (Å²) in [6.07, 6.45) is 6.50. The molecule has 1 rings (SSSR count). The highest BCUT2D eigenvalue weighted by Crippen LogP contribution is 2.28. The average Bonchev–Trinajstić information content (AvgIpc) is 1.90.